The number of nitrogens with zero attached hydrogens (tertiary/aromatic N) is 5. The van der Waals surface area contributed by atoms with Crippen LogP contribution in [0.15, 0.2) is 12.1 Å². The number of methoxy groups -OCH3 is 1. The van der Waals surface area contributed by atoms with Gasteiger partial charge in [-0.25, -0.2) is 4.39 Å². The number of aromatic nitrogens is 2. The third kappa shape index (κ3) is 4.31. The summed E-state index contributed by atoms with van der Waals surface area (Å²) in [5.74, 6) is 0.714. The molecular weight excluding hydrogens is 499 g/mol. The maximum absolute atomic E-state index is 14.3. The molecule has 4 heterocycles. The number of nitriles is 1. The van der Waals surface area contributed by atoms with Crippen molar-refractivity contribution < 1.29 is 18.6 Å². The SMILES string of the molecule is COC[C@@H]1OC2(CCCc3ccc(N)c(C#N)c32)Cc2nc(OCC34CCCN3CC(F)C4)nc(N(C)C)c21. The number of hydrogen-bond donors (Lipinski definition) is 1. The number of alkyl halides is 1. The van der Waals surface area contributed by atoms with Crippen molar-refractivity contribution in [1.29, 1.82) is 5.26 Å². The fraction of sp³-hybridized carbons (Fsp3) is 0.621. The van der Waals surface area contributed by atoms with Crippen molar-refractivity contribution in [1.82, 2.24) is 14.9 Å². The summed E-state index contributed by atoms with van der Waals surface area (Å²) in [6.45, 7) is 2.05. The molecule has 2 N–H and O–H groups in total. The maximum atomic E-state index is 14.3. The lowest BCUT2D eigenvalue weighted by Gasteiger charge is -2.46. The summed E-state index contributed by atoms with van der Waals surface area (Å²) in [6.07, 6.45) is 4.20. The Labute approximate surface area is 229 Å². The minimum absolute atomic E-state index is 0.290. The van der Waals surface area contributed by atoms with Crippen LogP contribution in [0.2, 0.25) is 0 Å². The maximum Gasteiger partial charge on any atom is 0.318 e. The molecule has 1 aliphatic carbocycles. The molecule has 1 aromatic carbocycles. The molecule has 3 unspecified atom stereocenters. The van der Waals surface area contributed by atoms with Gasteiger partial charge in [0.25, 0.3) is 0 Å². The summed E-state index contributed by atoms with van der Waals surface area (Å²) in [5.41, 5.74) is 9.84. The van der Waals surface area contributed by atoms with Crippen molar-refractivity contribution in [2.45, 2.75) is 68.4 Å². The van der Waals surface area contributed by atoms with Crippen LogP contribution in [-0.4, -0.2) is 74.1 Å². The van der Waals surface area contributed by atoms with E-state index in [0.29, 0.717) is 55.7 Å². The van der Waals surface area contributed by atoms with Crippen LogP contribution in [0.1, 0.15) is 66.2 Å². The first-order chi connectivity index (χ1) is 18.8. The van der Waals surface area contributed by atoms with E-state index < -0.39 is 17.9 Å². The molecule has 9 nitrogen and oxygen atoms in total. The number of nitrogen functional groups attached to an aromatic ring is 1. The number of hydrogen-bond acceptors (Lipinski definition) is 9. The highest BCUT2D eigenvalue weighted by Gasteiger charge is 2.50. The number of anilines is 2. The minimum Gasteiger partial charge on any atom is -0.461 e. The molecule has 2 fully saturated rings. The van der Waals surface area contributed by atoms with Crippen molar-refractivity contribution in [2.24, 2.45) is 0 Å². The Morgan fingerprint density at radius 1 is 1.28 bits per heavy atom. The zero-order valence-corrected chi connectivity index (χ0v) is 23.0. The summed E-state index contributed by atoms with van der Waals surface area (Å²) < 4.78 is 33.2. The van der Waals surface area contributed by atoms with Crippen LogP contribution in [-0.2, 0) is 27.9 Å². The normalized spacial score (nSPS) is 29.5. The van der Waals surface area contributed by atoms with Crippen LogP contribution < -0.4 is 15.4 Å². The van der Waals surface area contributed by atoms with Crippen molar-refractivity contribution in [3.63, 3.8) is 0 Å². The van der Waals surface area contributed by atoms with E-state index in [1.54, 1.807) is 7.11 Å². The topological polar surface area (TPSA) is 110 Å². The van der Waals surface area contributed by atoms with E-state index in [9.17, 15) is 9.65 Å². The number of benzene rings is 1. The summed E-state index contributed by atoms with van der Waals surface area (Å²) in [5, 5.41) is 10.1. The zero-order valence-electron chi connectivity index (χ0n) is 23.0. The lowest BCUT2D eigenvalue weighted by molar-refractivity contribution is -0.142. The van der Waals surface area contributed by atoms with Crippen LogP contribution in [0.5, 0.6) is 6.01 Å². The Balaban J connectivity index is 1.42. The first-order valence-corrected chi connectivity index (χ1v) is 13.9. The van der Waals surface area contributed by atoms with E-state index >= 15 is 0 Å². The average molecular weight is 537 g/mol. The molecule has 3 aliphatic heterocycles. The molecular formula is C29H37FN6O3. The lowest BCUT2D eigenvalue weighted by Crippen LogP contribution is -2.44. The van der Waals surface area contributed by atoms with Gasteiger partial charge in [-0.2, -0.15) is 15.2 Å². The Bertz CT molecular complexity index is 1310. The second kappa shape index (κ2) is 9.88. The number of halogens is 1. The highest BCUT2D eigenvalue weighted by Crippen LogP contribution is 2.51. The molecule has 39 heavy (non-hydrogen) atoms. The van der Waals surface area contributed by atoms with E-state index in [1.165, 1.54) is 0 Å². The van der Waals surface area contributed by atoms with Crippen molar-refractivity contribution in [3.8, 4) is 12.1 Å². The molecule has 0 radical (unpaired) electrons. The van der Waals surface area contributed by atoms with Crippen LogP contribution in [0.25, 0.3) is 0 Å². The summed E-state index contributed by atoms with van der Waals surface area (Å²) in [7, 11) is 5.53. The molecule has 0 saturated carbocycles. The molecule has 208 valence electrons. The highest BCUT2D eigenvalue weighted by atomic mass is 19.1. The first kappa shape index (κ1) is 26.2. The Hall–Kier alpha value is -3.00. The number of ether oxygens (including phenoxy) is 3. The lowest BCUT2D eigenvalue weighted by atomic mass is 9.72. The first-order valence-electron chi connectivity index (χ1n) is 13.9. The highest BCUT2D eigenvalue weighted by molar-refractivity contribution is 5.63. The molecule has 1 spiro atoms. The van der Waals surface area contributed by atoms with E-state index in [1.807, 2.05) is 31.1 Å². The third-order valence-electron chi connectivity index (χ3n) is 9.02. The Morgan fingerprint density at radius 2 is 2.13 bits per heavy atom. The van der Waals surface area contributed by atoms with Crippen molar-refractivity contribution >= 4 is 11.5 Å². The van der Waals surface area contributed by atoms with Crippen LogP contribution in [0.4, 0.5) is 15.9 Å². The van der Waals surface area contributed by atoms with Gasteiger partial charge in [0.05, 0.1) is 23.4 Å². The second-order valence-corrected chi connectivity index (χ2v) is 11.7. The van der Waals surface area contributed by atoms with Gasteiger partial charge in [-0.1, -0.05) is 6.07 Å². The van der Waals surface area contributed by atoms with E-state index in [0.717, 1.165) is 61.0 Å². The molecule has 10 heteroatoms. The van der Waals surface area contributed by atoms with Crippen molar-refractivity contribution in [3.05, 3.63) is 40.1 Å². The largest absolute Gasteiger partial charge is 0.461 e. The summed E-state index contributed by atoms with van der Waals surface area (Å²) in [6, 6.07) is 6.47. The zero-order chi connectivity index (χ0) is 27.4. The summed E-state index contributed by atoms with van der Waals surface area (Å²) in [4.78, 5) is 13.9. The second-order valence-electron chi connectivity index (χ2n) is 11.7. The van der Waals surface area contributed by atoms with Gasteiger partial charge in [-0.05, 0) is 50.3 Å². The molecule has 1 aromatic heterocycles. The smallest absolute Gasteiger partial charge is 0.318 e. The number of fused-ring (bicyclic) bond motifs is 4. The number of rotatable bonds is 6. The molecule has 4 atom stereocenters. The molecule has 2 aromatic rings. The molecule has 0 bridgehead atoms. The van der Waals surface area contributed by atoms with E-state index in [-0.39, 0.29) is 5.54 Å². The predicted molar refractivity (Wildman–Crippen MR) is 144 cm³/mol. The third-order valence-corrected chi connectivity index (χ3v) is 9.02. The van der Waals surface area contributed by atoms with Gasteiger partial charge in [-0.3, -0.25) is 4.90 Å². The minimum atomic E-state index is -0.823. The van der Waals surface area contributed by atoms with Crippen LogP contribution in [0, 0.1) is 11.3 Å². The van der Waals surface area contributed by atoms with Crippen LogP contribution in [0.3, 0.4) is 0 Å². The molecule has 6 rings (SSSR count). The molecule has 4 aliphatic rings. The van der Waals surface area contributed by atoms with Gasteiger partial charge >= 0.3 is 6.01 Å². The predicted octanol–water partition coefficient (Wildman–Crippen LogP) is 3.44. The van der Waals surface area contributed by atoms with Gasteiger partial charge in [0.1, 0.15) is 36.4 Å². The average Bonchev–Trinajstić information content (AvgIpc) is 3.43. The Morgan fingerprint density at radius 3 is 2.90 bits per heavy atom. The monoisotopic (exact) mass is 536 g/mol. The van der Waals surface area contributed by atoms with Gasteiger partial charge in [0, 0.05) is 57.4 Å². The molecule has 0 amide bonds. The quantitative estimate of drug-likeness (QED) is 0.555. The fourth-order valence-electron chi connectivity index (χ4n) is 7.41. The standard InChI is InChI=1S/C29H37FN6O3/c1-35(2)26-24-22(33-27(34-26)38-17-28-9-5-11-36(28)15-19(30)12-28)13-29(39-23(24)16-37-3)10-4-6-18-7-8-21(32)20(14-31)25(18)29/h7-8,19,23H,4-6,9-13,15-17,32H2,1-3H3/t19?,23-,28?,29?/m0/s1. The number of aryl methyl sites for hydroxylation is 1. The van der Waals surface area contributed by atoms with Gasteiger partial charge in [0.2, 0.25) is 0 Å². The van der Waals surface area contributed by atoms with Crippen LogP contribution >= 0.6 is 0 Å². The van der Waals surface area contributed by atoms with Gasteiger partial charge in [-0.15, -0.1) is 0 Å². The fourth-order valence-corrected chi connectivity index (χ4v) is 7.41. The van der Waals surface area contributed by atoms with Crippen molar-refractivity contribution in [2.75, 3.05) is 58.1 Å². The van der Waals surface area contributed by atoms with E-state index in [4.69, 9.17) is 29.9 Å². The molecule has 2 saturated heterocycles. The van der Waals surface area contributed by atoms with E-state index in [2.05, 4.69) is 11.0 Å². The summed E-state index contributed by atoms with van der Waals surface area (Å²) >= 11 is 0. The van der Waals surface area contributed by atoms with Gasteiger partial charge in [0.15, 0.2) is 0 Å². The Kier molecular flexibility index (Phi) is 6.64. The number of nitrogens with two attached hydrogens (primary N) is 1. The van der Waals surface area contributed by atoms with Gasteiger partial charge < -0.3 is 24.8 Å².